The first-order valence-electron chi connectivity index (χ1n) is 13.2. The number of sulfonamides is 1. The average Bonchev–Trinajstić information content (AvgIpc) is 3.01. The maximum Gasteiger partial charge on any atom is 0.264 e. The smallest absolute Gasteiger partial charge is 0.264 e. The summed E-state index contributed by atoms with van der Waals surface area (Å²) in [6.07, 6.45) is 0. The van der Waals surface area contributed by atoms with Crippen molar-refractivity contribution in [3.8, 4) is 0 Å². The molecule has 1 aliphatic heterocycles. The number of morpholine rings is 1. The molecule has 1 saturated heterocycles. The molecule has 0 bridgehead atoms. The Bertz CT molecular complexity index is 1660. The lowest BCUT2D eigenvalue weighted by Crippen LogP contribution is -2.53. The van der Waals surface area contributed by atoms with Gasteiger partial charge in [0.1, 0.15) is 5.92 Å². The Kier molecular flexibility index (Phi) is 8.42. The molecule has 3 amide bonds. The Morgan fingerprint density at radius 1 is 0.756 bits per heavy atom. The number of hydrogen-bond acceptors (Lipinski definition) is 6. The van der Waals surface area contributed by atoms with Gasteiger partial charge in [0.25, 0.3) is 15.9 Å². The number of amides is 3. The Balaban J connectivity index is 1.52. The van der Waals surface area contributed by atoms with E-state index in [1.807, 2.05) is 12.1 Å². The predicted molar refractivity (Wildman–Crippen MR) is 153 cm³/mol. The average molecular weight is 572 g/mol. The van der Waals surface area contributed by atoms with E-state index in [1.54, 1.807) is 78.9 Å². The summed E-state index contributed by atoms with van der Waals surface area (Å²) in [6, 6.07) is 27.6. The number of fused-ring (bicyclic) bond motifs is 1. The number of nitrogens with zero attached hydrogens (tertiary/aromatic N) is 1. The van der Waals surface area contributed by atoms with Gasteiger partial charge in [-0.15, -0.1) is 0 Å². The maximum atomic E-state index is 13.9. The van der Waals surface area contributed by atoms with Gasteiger partial charge in [-0.05, 0) is 40.6 Å². The molecule has 0 aliphatic carbocycles. The third-order valence-corrected chi connectivity index (χ3v) is 8.30. The minimum Gasteiger partial charge on any atom is -0.378 e. The van der Waals surface area contributed by atoms with Gasteiger partial charge in [-0.1, -0.05) is 78.9 Å². The molecule has 0 spiro atoms. The van der Waals surface area contributed by atoms with Gasteiger partial charge in [0, 0.05) is 18.7 Å². The summed E-state index contributed by atoms with van der Waals surface area (Å²) in [5.74, 6) is -3.75. The zero-order chi connectivity index (χ0) is 28.8. The van der Waals surface area contributed by atoms with Crippen molar-refractivity contribution in [3.63, 3.8) is 0 Å². The largest absolute Gasteiger partial charge is 0.378 e. The van der Waals surface area contributed by atoms with Crippen LogP contribution in [0.25, 0.3) is 10.8 Å². The van der Waals surface area contributed by atoms with Crippen molar-refractivity contribution in [1.82, 2.24) is 14.9 Å². The second-order valence-corrected chi connectivity index (χ2v) is 11.3. The van der Waals surface area contributed by atoms with Gasteiger partial charge in [0.15, 0.2) is 0 Å². The number of hydrogen-bond donors (Lipinski definition) is 2. The van der Waals surface area contributed by atoms with Gasteiger partial charge in [-0.3, -0.25) is 14.4 Å². The number of benzene rings is 4. The standard InChI is InChI=1S/C31H29N3O6S/c35-29(24-12-5-2-6-13-24)32-28(23-10-3-1-4-11-23)27(31(37)34-17-19-40-20-18-34)30(36)33-41(38,39)26-16-15-22-9-7-8-14-25(22)21-26/h1-16,21,27-28H,17-20H2,(H,32,35)(H,33,36). The lowest BCUT2D eigenvalue weighted by Gasteiger charge is -2.33. The van der Waals surface area contributed by atoms with Gasteiger partial charge >= 0.3 is 0 Å². The fourth-order valence-electron chi connectivity index (χ4n) is 4.81. The number of carbonyl (C=O) groups is 3. The van der Waals surface area contributed by atoms with Crippen molar-refractivity contribution < 1.29 is 27.5 Å². The molecule has 9 nitrogen and oxygen atoms in total. The fourth-order valence-corrected chi connectivity index (χ4v) is 5.85. The molecular formula is C31H29N3O6S. The van der Waals surface area contributed by atoms with Gasteiger partial charge in [-0.25, -0.2) is 13.1 Å². The van der Waals surface area contributed by atoms with Crippen LogP contribution >= 0.6 is 0 Å². The van der Waals surface area contributed by atoms with Gasteiger partial charge in [0.2, 0.25) is 11.8 Å². The van der Waals surface area contributed by atoms with Crippen LogP contribution in [0.4, 0.5) is 0 Å². The maximum absolute atomic E-state index is 13.9. The van der Waals surface area contributed by atoms with Gasteiger partial charge < -0.3 is 15.0 Å². The van der Waals surface area contributed by atoms with E-state index in [0.29, 0.717) is 16.5 Å². The van der Waals surface area contributed by atoms with Crippen molar-refractivity contribution in [3.05, 3.63) is 114 Å². The van der Waals surface area contributed by atoms with Crippen LogP contribution in [0, 0.1) is 5.92 Å². The van der Waals surface area contributed by atoms with Crippen LogP contribution in [0.5, 0.6) is 0 Å². The van der Waals surface area contributed by atoms with E-state index in [0.717, 1.165) is 5.39 Å². The molecule has 1 aliphatic rings. The van der Waals surface area contributed by atoms with Crippen LogP contribution < -0.4 is 10.0 Å². The molecule has 4 aromatic rings. The molecule has 0 aromatic heterocycles. The summed E-state index contributed by atoms with van der Waals surface area (Å²) in [5, 5.41) is 4.35. The molecule has 1 heterocycles. The zero-order valence-electron chi connectivity index (χ0n) is 22.1. The summed E-state index contributed by atoms with van der Waals surface area (Å²) in [4.78, 5) is 42.4. The topological polar surface area (TPSA) is 122 Å². The van der Waals surface area contributed by atoms with E-state index >= 15 is 0 Å². The first-order chi connectivity index (χ1) is 19.8. The second-order valence-electron chi connectivity index (χ2n) is 9.62. The van der Waals surface area contributed by atoms with E-state index in [2.05, 4.69) is 10.0 Å². The highest BCUT2D eigenvalue weighted by atomic mass is 32.2. The first-order valence-corrected chi connectivity index (χ1v) is 14.6. The van der Waals surface area contributed by atoms with Crippen LogP contribution in [-0.2, 0) is 24.3 Å². The van der Waals surface area contributed by atoms with Crippen LogP contribution in [0.3, 0.4) is 0 Å². The molecule has 0 saturated carbocycles. The van der Waals surface area contributed by atoms with E-state index in [9.17, 15) is 22.8 Å². The Morgan fingerprint density at radius 2 is 1.37 bits per heavy atom. The normalized spacial score (nSPS) is 15.1. The molecular weight excluding hydrogens is 542 g/mol. The summed E-state index contributed by atoms with van der Waals surface area (Å²) in [5.41, 5.74) is 0.803. The molecule has 5 rings (SSSR count). The Hall–Kier alpha value is -4.54. The van der Waals surface area contributed by atoms with Gasteiger partial charge in [0.05, 0.1) is 24.2 Å². The Labute approximate surface area is 238 Å². The van der Waals surface area contributed by atoms with E-state index < -0.39 is 39.7 Å². The molecule has 2 unspecified atom stereocenters. The van der Waals surface area contributed by atoms with E-state index in [-0.39, 0.29) is 31.2 Å². The Morgan fingerprint density at radius 3 is 2.05 bits per heavy atom. The lowest BCUT2D eigenvalue weighted by atomic mass is 9.90. The molecule has 2 atom stereocenters. The predicted octanol–water partition coefficient (Wildman–Crippen LogP) is 3.29. The third kappa shape index (κ3) is 6.45. The molecule has 0 radical (unpaired) electrons. The van der Waals surface area contributed by atoms with Crippen LogP contribution in [0.2, 0.25) is 0 Å². The van der Waals surface area contributed by atoms with Crippen LogP contribution in [0.15, 0.2) is 108 Å². The van der Waals surface area contributed by atoms with Gasteiger partial charge in [-0.2, -0.15) is 0 Å². The second kappa shape index (κ2) is 12.3. The number of nitrogens with one attached hydrogen (secondary N) is 2. The summed E-state index contributed by atoms with van der Waals surface area (Å²) < 4.78 is 34.4. The van der Waals surface area contributed by atoms with Crippen LogP contribution in [-0.4, -0.2) is 57.3 Å². The fraction of sp³-hybridized carbons (Fsp3) is 0.194. The number of rotatable bonds is 8. The van der Waals surface area contributed by atoms with Crippen molar-refractivity contribution in [1.29, 1.82) is 0 Å². The number of carbonyl (C=O) groups excluding carboxylic acids is 3. The molecule has 10 heteroatoms. The molecule has 41 heavy (non-hydrogen) atoms. The monoisotopic (exact) mass is 571 g/mol. The highest BCUT2D eigenvalue weighted by Crippen LogP contribution is 2.27. The SMILES string of the molecule is O=C(NC(c1ccccc1)C(C(=O)NS(=O)(=O)c1ccc2ccccc2c1)C(=O)N1CCOCC1)c1ccccc1. The highest BCUT2D eigenvalue weighted by Gasteiger charge is 2.41. The zero-order valence-corrected chi connectivity index (χ0v) is 22.9. The minimum absolute atomic E-state index is 0.119. The summed E-state index contributed by atoms with van der Waals surface area (Å²) >= 11 is 0. The van der Waals surface area contributed by atoms with E-state index in [4.69, 9.17) is 4.74 Å². The highest BCUT2D eigenvalue weighted by molar-refractivity contribution is 7.90. The van der Waals surface area contributed by atoms with Crippen molar-refractivity contribution in [2.45, 2.75) is 10.9 Å². The quantitative estimate of drug-likeness (QED) is 0.313. The molecule has 4 aromatic carbocycles. The number of ether oxygens (including phenoxy) is 1. The van der Waals surface area contributed by atoms with Crippen LogP contribution in [0.1, 0.15) is 22.0 Å². The van der Waals surface area contributed by atoms with E-state index in [1.165, 1.54) is 17.0 Å². The van der Waals surface area contributed by atoms with Crippen molar-refractivity contribution in [2.75, 3.05) is 26.3 Å². The van der Waals surface area contributed by atoms with Crippen molar-refractivity contribution >= 4 is 38.5 Å². The summed E-state index contributed by atoms with van der Waals surface area (Å²) in [7, 11) is -4.36. The summed E-state index contributed by atoms with van der Waals surface area (Å²) in [6.45, 7) is 1.02. The first kappa shape index (κ1) is 28.0. The lowest BCUT2D eigenvalue weighted by molar-refractivity contribution is -0.146. The molecule has 2 N–H and O–H groups in total. The third-order valence-electron chi connectivity index (χ3n) is 6.95. The minimum atomic E-state index is -4.36. The molecule has 1 fully saturated rings. The molecule has 210 valence electrons. The van der Waals surface area contributed by atoms with Crippen molar-refractivity contribution in [2.24, 2.45) is 5.92 Å².